The third-order valence-corrected chi connectivity index (χ3v) is 3.86. The van der Waals surface area contributed by atoms with Gasteiger partial charge in [-0.15, -0.1) is 0 Å². The van der Waals surface area contributed by atoms with Gasteiger partial charge in [0.25, 0.3) is 0 Å². The summed E-state index contributed by atoms with van der Waals surface area (Å²) in [5.74, 6) is -0.653. The summed E-state index contributed by atoms with van der Waals surface area (Å²) in [5.41, 5.74) is 1.19. The maximum absolute atomic E-state index is 13.6. The number of alkyl halides is 1. The van der Waals surface area contributed by atoms with E-state index in [0.717, 1.165) is 5.56 Å². The summed E-state index contributed by atoms with van der Waals surface area (Å²) in [7, 11) is 0. The van der Waals surface area contributed by atoms with Crippen molar-refractivity contribution in [1.82, 2.24) is 0 Å². The van der Waals surface area contributed by atoms with Crippen LogP contribution in [0.15, 0.2) is 42.5 Å². The Morgan fingerprint density at radius 1 is 1.11 bits per heavy atom. The van der Waals surface area contributed by atoms with Gasteiger partial charge in [-0.25, -0.2) is 8.78 Å². The number of halogens is 4. The molecule has 0 aliphatic rings. The van der Waals surface area contributed by atoms with Gasteiger partial charge in [-0.1, -0.05) is 45.7 Å². The molecule has 0 N–H and O–H groups in total. The zero-order chi connectivity index (χ0) is 13.1. The molecule has 0 fully saturated rings. The van der Waals surface area contributed by atoms with Gasteiger partial charge in [0.1, 0.15) is 11.6 Å². The van der Waals surface area contributed by atoms with E-state index in [9.17, 15) is 8.78 Å². The van der Waals surface area contributed by atoms with Crippen LogP contribution < -0.4 is 0 Å². The summed E-state index contributed by atoms with van der Waals surface area (Å²) in [6, 6.07) is 10.8. The molecule has 0 amide bonds. The molecule has 0 spiro atoms. The van der Waals surface area contributed by atoms with Gasteiger partial charge < -0.3 is 0 Å². The highest BCUT2D eigenvalue weighted by Crippen LogP contribution is 2.31. The van der Waals surface area contributed by atoms with Crippen molar-refractivity contribution in [3.8, 4) is 0 Å². The minimum Gasteiger partial charge on any atom is -0.207 e. The number of hydrogen-bond acceptors (Lipinski definition) is 0. The minimum absolute atomic E-state index is 0.178. The first-order valence-corrected chi connectivity index (χ1v) is 6.69. The predicted molar refractivity (Wildman–Crippen MR) is 73.2 cm³/mol. The molecule has 0 radical (unpaired) electrons. The van der Waals surface area contributed by atoms with Crippen LogP contribution >= 0.6 is 27.5 Å². The van der Waals surface area contributed by atoms with Crippen LogP contribution in [0, 0.1) is 11.6 Å². The van der Waals surface area contributed by atoms with E-state index in [4.69, 9.17) is 11.6 Å². The van der Waals surface area contributed by atoms with Gasteiger partial charge in [-0.2, -0.15) is 0 Å². The topological polar surface area (TPSA) is 0 Å². The van der Waals surface area contributed by atoms with Gasteiger partial charge in [-0.3, -0.25) is 0 Å². The molecule has 1 unspecified atom stereocenters. The number of benzene rings is 2. The molecule has 2 rings (SSSR count). The second-order valence-electron chi connectivity index (χ2n) is 3.93. The molecule has 2 aromatic carbocycles. The van der Waals surface area contributed by atoms with Gasteiger partial charge in [0.15, 0.2) is 0 Å². The predicted octanol–water partition coefficient (Wildman–Crippen LogP) is 5.30. The fourth-order valence-corrected chi connectivity index (χ4v) is 2.57. The molecule has 18 heavy (non-hydrogen) atoms. The van der Waals surface area contributed by atoms with Gasteiger partial charge in [0.2, 0.25) is 0 Å². The van der Waals surface area contributed by atoms with Crippen LogP contribution in [0.25, 0.3) is 0 Å². The third-order valence-electron chi connectivity index (χ3n) is 2.66. The molecular weight excluding hydrogens is 322 g/mol. The molecule has 0 saturated carbocycles. The highest BCUT2D eigenvalue weighted by molar-refractivity contribution is 9.09. The fourth-order valence-electron chi connectivity index (χ4n) is 1.73. The molecule has 0 bridgehead atoms. The smallest absolute Gasteiger partial charge is 0.127 e. The number of hydrogen-bond donors (Lipinski definition) is 0. The highest BCUT2D eigenvalue weighted by atomic mass is 79.9. The van der Waals surface area contributed by atoms with Crippen LogP contribution in [0.5, 0.6) is 0 Å². The average molecular weight is 332 g/mol. The van der Waals surface area contributed by atoms with Crippen LogP contribution in [0.4, 0.5) is 8.78 Å². The Morgan fingerprint density at radius 3 is 2.50 bits per heavy atom. The summed E-state index contributed by atoms with van der Waals surface area (Å²) < 4.78 is 26.7. The van der Waals surface area contributed by atoms with Crippen molar-refractivity contribution in [2.24, 2.45) is 0 Å². The molecule has 0 heterocycles. The first-order chi connectivity index (χ1) is 8.58. The monoisotopic (exact) mass is 330 g/mol. The summed E-state index contributed by atoms with van der Waals surface area (Å²) in [6.07, 6.45) is 0.370. The average Bonchev–Trinajstić information content (AvgIpc) is 2.34. The molecule has 0 aliphatic heterocycles. The molecule has 0 nitrogen and oxygen atoms in total. The Hall–Kier alpha value is -0.930. The molecule has 94 valence electrons. The van der Waals surface area contributed by atoms with E-state index in [1.54, 1.807) is 24.3 Å². The van der Waals surface area contributed by atoms with Gasteiger partial charge in [0, 0.05) is 15.4 Å². The molecule has 0 aliphatic carbocycles. The van der Waals surface area contributed by atoms with E-state index in [1.165, 1.54) is 18.2 Å². The Morgan fingerprint density at radius 2 is 1.83 bits per heavy atom. The number of rotatable bonds is 3. The van der Waals surface area contributed by atoms with E-state index in [0.29, 0.717) is 17.0 Å². The molecule has 2 aromatic rings. The second kappa shape index (κ2) is 5.81. The first kappa shape index (κ1) is 13.5. The van der Waals surface area contributed by atoms with Crippen molar-refractivity contribution >= 4 is 27.5 Å². The Bertz CT molecular complexity index is 537. The first-order valence-electron chi connectivity index (χ1n) is 5.40. The lowest BCUT2D eigenvalue weighted by Gasteiger charge is -2.12. The Kier molecular flexibility index (Phi) is 4.36. The quantitative estimate of drug-likeness (QED) is 0.670. The summed E-state index contributed by atoms with van der Waals surface area (Å²) in [5, 5.41) is 0.385. The molecule has 1 atom stereocenters. The lowest BCUT2D eigenvalue weighted by Crippen LogP contribution is -1.99. The van der Waals surface area contributed by atoms with Crippen molar-refractivity contribution in [1.29, 1.82) is 0 Å². The van der Waals surface area contributed by atoms with Crippen molar-refractivity contribution in [2.45, 2.75) is 11.2 Å². The van der Waals surface area contributed by atoms with Crippen molar-refractivity contribution in [2.75, 3.05) is 0 Å². The van der Waals surface area contributed by atoms with Crippen LogP contribution in [0.1, 0.15) is 16.0 Å². The fraction of sp³-hybridized carbons (Fsp3) is 0.143. The highest BCUT2D eigenvalue weighted by Gasteiger charge is 2.14. The van der Waals surface area contributed by atoms with Gasteiger partial charge >= 0.3 is 0 Å². The van der Waals surface area contributed by atoms with E-state index in [1.807, 2.05) is 0 Å². The lowest BCUT2D eigenvalue weighted by molar-refractivity contribution is 0.607. The van der Waals surface area contributed by atoms with E-state index < -0.39 is 0 Å². The van der Waals surface area contributed by atoms with Crippen molar-refractivity contribution in [3.63, 3.8) is 0 Å². The SMILES string of the molecule is Fc1cccc(C(Br)Cc2c(F)cccc2Cl)c1. The van der Waals surface area contributed by atoms with Crippen LogP contribution in [0.2, 0.25) is 5.02 Å². The van der Waals surface area contributed by atoms with Crippen LogP contribution in [-0.2, 0) is 6.42 Å². The van der Waals surface area contributed by atoms with E-state index >= 15 is 0 Å². The standard InChI is InChI=1S/C14H10BrClF2/c15-12(9-3-1-4-10(17)7-9)8-11-13(16)5-2-6-14(11)18/h1-7,12H,8H2. The second-order valence-corrected chi connectivity index (χ2v) is 5.44. The van der Waals surface area contributed by atoms with E-state index in [2.05, 4.69) is 15.9 Å². The lowest BCUT2D eigenvalue weighted by atomic mass is 10.0. The normalized spacial score (nSPS) is 12.4. The molecule has 0 saturated heterocycles. The minimum atomic E-state index is -0.344. The van der Waals surface area contributed by atoms with E-state index in [-0.39, 0.29) is 16.5 Å². The van der Waals surface area contributed by atoms with Crippen LogP contribution in [-0.4, -0.2) is 0 Å². The summed E-state index contributed by atoms with van der Waals surface area (Å²) in [6.45, 7) is 0. The Labute approximate surface area is 118 Å². The molecule has 4 heteroatoms. The van der Waals surface area contributed by atoms with Crippen LogP contribution in [0.3, 0.4) is 0 Å². The summed E-state index contributed by atoms with van der Waals surface area (Å²) >= 11 is 9.39. The zero-order valence-corrected chi connectivity index (χ0v) is 11.7. The largest absolute Gasteiger partial charge is 0.207 e. The molecular formula is C14H10BrClF2. The maximum atomic E-state index is 13.6. The van der Waals surface area contributed by atoms with Crippen molar-refractivity contribution in [3.05, 3.63) is 70.2 Å². The Balaban J connectivity index is 2.24. The third kappa shape index (κ3) is 3.09. The zero-order valence-electron chi connectivity index (χ0n) is 9.34. The molecule has 0 aromatic heterocycles. The van der Waals surface area contributed by atoms with Gasteiger partial charge in [0.05, 0.1) is 0 Å². The van der Waals surface area contributed by atoms with Crippen molar-refractivity contribution < 1.29 is 8.78 Å². The maximum Gasteiger partial charge on any atom is 0.127 e. The summed E-state index contributed by atoms with van der Waals surface area (Å²) in [4.78, 5) is -0.178. The van der Waals surface area contributed by atoms with Gasteiger partial charge in [-0.05, 0) is 36.2 Å².